The van der Waals surface area contributed by atoms with Crippen LogP contribution in [0.2, 0.25) is 0 Å². The van der Waals surface area contributed by atoms with E-state index < -0.39 is 27.8 Å². The lowest BCUT2D eigenvalue weighted by Gasteiger charge is -2.30. The van der Waals surface area contributed by atoms with Gasteiger partial charge in [0, 0.05) is 18.8 Å². The lowest BCUT2D eigenvalue weighted by Crippen LogP contribution is -2.41. The number of hydrogen-bond donors (Lipinski definition) is 1. The van der Waals surface area contributed by atoms with Crippen LogP contribution in [0.4, 0.5) is 5.69 Å². The van der Waals surface area contributed by atoms with Gasteiger partial charge >= 0.3 is 5.97 Å². The Morgan fingerprint density at radius 3 is 2.33 bits per heavy atom. The molecule has 7 nitrogen and oxygen atoms in total. The van der Waals surface area contributed by atoms with Crippen molar-refractivity contribution in [2.45, 2.75) is 31.6 Å². The Morgan fingerprint density at radius 1 is 1.03 bits per heavy atom. The summed E-state index contributed by atoms with van der Waals surface area (Å²) < 4.78 is 32.3. The molecule has 1 heterocycles. The van der Waals surface area contributed by atoms with Gasteiger partial charge in [-0.05, 0) is 62.1 Å². The molecule has 0 saturated carbocycles. The molecule has 1 aliphatic rings. The molecule has 0 spiro atoms. The number of ether oxygens (including phenoxy) is 1. The molecule has 8 heteroatoms. The van der Waals surface area contributed by atoms with Gasteiger partial charge in [0.15, 0.2) is 6.61 Å². The smallest absolute Gasteiger partial charge is 0.309 e. The fourth-order valence-corrected chi connectivity index (χ4v) is 4.88. The molecule has 1 amide bonds. The highest BCUT2D eigenvalue weighted by molar-refractivity contribution is 7.89. The molecule has 0 aromatic heterocycles. The maximum atomic E-state index is 12.9. The standard InChI is InChI=1S/C22H26N2O5S/c1-16-8-9-20(14-17(16)2)30(27,28)24-12-10-18(11-13-24)22(26)29-15-21(25)23-19-6-4-3-5-7-19/h3-9,14,18H,10-13,15H2,1-2H3,(H,23,25). The zero-order chi connectivity index (χ0) is 21.7. The van der Waals surface area contributed by atoms with Crippen LogP contribution in [-0.2, 0) is 24.3 Å². The van der Waals surface area contributed by atoms with Crippen LogP contribution < -0.4 is 5.32 Å². The molecular formula is C22H26N2O5S. The summed E-state index contributed by atoms with van der Waals surface area (Å²) in [5, 5.41) is 2.65. The van der Waals surface area contributed by atoms with E-state index >= 15 is 0 Å². The van der Waals surface area contributed by atoms with Crippen molar-refractivity contribution < 1.29 is 22.7 Å². The van der Waals surface area contributed by atoms with Gasteiger partial charge in [0.1, 0.15) is 0 Å². The summed E-state index contributed by atoms with van der Waals surface area (Å²) in [4.78, 5) is 24.5. The number of esters is 1. The lowest BCUT2D eigenvalue weighted by atomic mass is 9.98. The number of carbonyl (C=O) groups is 2. The van der Waals surface area contributed by atoms with Crippen molar-refractivity contribution >= 4 is 27.6 Å². The summed E-state index contributed by atoms with van der Waals surface area (Å²) in [5.41, 5.74) is 2.58. The number of benzene rings is 2. The number of carbonyl (C=O) groups excluding carboxylic acids is 2. The summed E-state index contributed by atoms with van der Waals surface area (Å²) in [6.07, 6.45) is 0.729. The van der Waals surface area contributed by atoms with Gasteiger partial charge in [-0.15, -0.1) is 0 Å². The van der Waals surface area contributed by atoms with Crippen molar-refractivity contribution in [2.75, 3.05) is 25.0 Å². The van der Waals surface area contributed by atoms with Crippen LogP contribution in [0.15, 0.2) is 53.4 Å². The van der Waals surface area contributed by atoms with Crippen molar-refractivity contribution in [1.82, 2.24) is 4.31 Å². The number of nitrogens with zero attached hydrogens (tertiary/aromatic N) is 1. The quantitative estimate of drug-likeness (QED) is 0.712. The summed E-state index contributed by atoms with van der Waals surface area (Å²) in [5.74, 6) is -1.30. The second-order valence-corrected chi connectivity index (χ2v) is 9.38. The van der Waals surface area contributed by atoms with Crippen LogP contribution in [0.1, 0.15) is 24.0 Å². The normalized spacial score (nSPS) is 15.5. The Hall–Kier alpha value is -2.71. The molecule has 1 fully saturated rings. The van der Waals surface area contributed by atoms with Crippen molar-refractivity contribution in [3.63, 3.8) is 0 Å². The predicted molar refractivity (Wildman–Crippen MR) is 113 cm³/mol. The molecule has 1 aliphatic heterocycles. The molecule has 30 heavy (non-hydrogen) atoms. The molecule has 3 rings (SSSR count). The highest BCUT2D eigenvalue weighted by Gasteiger charge is 2.33. The van der Waals surface area contributed by atoms with Crippen molar-refractivity contribution in [1.29, 1.82) is 0 Å². The molecule has 160 valence electrons. The number of nitrogens with one attached hydrogen (secondary N) is 1. The van der Waals surface area contributed by atoms with Gasteiger partial charge in [0.2, 0.25) is 10.0 Å². The average Bonchev–Trinajstić information content (AvgIpc) is 2.74. The molecule has 2 aromatic carbocycles. The number of amides is 1. The number of sulfonamides is 1. The zero-order valence-corrected chi connectivity index (χ0v) is 17.9. The summed E-state index contributed by atoms with van der Waals surface area (Å²) in [6, 6.07) is 14.0. The predicted octanol–water partition coefficient (Wildman–Crippen LogP) is 2.89. The summed E-state index contributed by atoms with van der Waals surface area (Å²) in [7, 11) is -3.59. The third kappa shape index (κ3) is 5.25. The third-order valence-corrected chi connectivity index (χ3v) is 7.20. The van der Waals surface area contributed by atoms with E-state index in [0.29, 0.717) is 18.5 Å². The monoisotopic (exact) mass is 430 g/mol. The van der Waals surface area contributed by atoms with E-state index in [1.165, 1.54) is 4.31 Å². The SMILES string of the molecule is Cc1ccc(S(=O)(=O)N2CCC(C(=O)OCC(=O)Nc3ccccc3)CC2)cc1C. The number of rotatable bonds is 6. The molecule has 1 N–H and O–H groups in total. The first kappa shape index (κ1) is 22.0. The second kappa shape index (κ2) is 9.40. The van der Waals surface area contributed by atoms with Crippen LogP contribution in [0.3, 0.4) is 0 Å². The Kier molecular flexibility index (Phi) is 6.89. The molecule has 0 unspecified atom stereocenters. The minimum Gasteiger partial charge on any atom is -0.455 e. The largest absolute Gasteiger partial charge is 0.455 e. The van der Waals surface area contributed by atoms with Crippen LogP contribution in [-0.4, -0.2) is 44.3 Å². The van der Waals surface area contributed by atoms with E-state index in [2.05, 4.69) is 5.32 Å². The van der Waals surface area contributed by atoms with Crippen LogP contribution in [0, 0.1) is 19.8 Å². The van der Waals surface area contributed by atoms with Gasteiger partial charge in [-0.2, -0.15) is 4.31 Å². The van der Waals surface area contributed by atoms with Crippen LogP contribution in [0.5, 0.6) is 0 Å². The maximum Gasteiger partial charge on any atom is 0.309 e. The van der Waals surface area contributed by atoms with Gasteiger partial charge in [-0.1, -0.05) is 24.3 Å². The first-order valence-electron chi connectivity index (χ1n) is 9.86. The van der Waals surface area contributed by atoms with E-state index in [9.17, 15) is 18.0 Å². The first-order valence-corrected chi connectivity index (χ1v) is 11.3. The topological polar surface area (TPSA) is 92.8 Å². The average molecular weight is 431 g/mol. The Bertz CT molecular complexity index is 1010. The Balaban J connectivity index is 1.50. The lowest BCUT2D eigenvalue weighted by molar-refractivity contribution is -0.152. The fourth-order valence-electron chi connectivity index (χ4n) is 3.33. The number of piperidine rings is 1. The fraction of sp³-hybridized carbons (Fsp3) is 0.364. The number of anilines is 1. The highest BCUT2D eigenvalue weighted by Crippen LogP contribution is 2.25. The second-order valence-electron chi connectivity index (χ2n) is 7.45. The van der Waals surface area contributed by atoms with Gasteiger partial charge in [0.25, 0.3) is 5.91 Å². The van der Waals surface area contributed by atoms with Crippen LogP contribution in [0.25, 0.3) is 0 Å². The van der Waals surface area contributed by atoms with E-state index in [4.69, 9.17) is 4.74 Å². The molecule has 1 saturated heterocycles. The highest BCUT2D eigenvalue weighted by atomic mass is 32.2. The van der Waals surface area contributed by atoms with Crippen molar-refractivity contribution in [3.05, 3.63) is 59.7 Å². The number of hydrogen-bond acceptors (Lipinski definition) is 5. The minimum absolute atomic E-state index is 0.241. The van der Waals surface area contributed by atoms with Crippen LogP contribution >= 0.6 is 0 Å². The Morgan fingerprint density at radius 2 is 1.70 bits per heavy atom. The van der Waals surface area contributed by atoms with E-state index in [-0.39, 0.29) is 24.6 Å². The van der Waals surface area contributed by atoms with Crippen molar-refractivity contribution in [2.24, 2.45) is 5.92 Å². The van der Waals surface area contributed by atoms with Gasteiger partial charge in [0.05, 0.1) is 10.8 Å². The van der Waals surface area contributed by atoms with Crippen molar-refractivity contribution in [3.8, 4) is 0 Å². The summed E-state index contributed by atoms with van der Waals surface area (Å²) >= 11 is 0. The maximum absolute atomic E-state index is 12.9. The molecule has 0 atom stereocenters. The summed E-state index contributed by atoms with van der Waals surface area (Å²) in [6.45, 7) is 3.93. The third-order valence-electron chi connectivity index (χ3n) is 5.31. The Labute approximate surface area is 177 Å². The van der Waals surface area contributed by atoms with Gasteiger partial charge < -0.3 is 10.1 Å². The number of para-hydroxylation sites is 1. The molecule has 0 bridgehead atoms. The first-order chi connectivity index (χ1) is 14.3. The molecule has 0 aliphatic carbocycles. The number of aryl methyl sites for hydroxylation is 2. The van der Waals surface area contributed by atoms with E-state index in [1.807, 2.05) is 19.9 Å². The van der Waals surface area contributed by atoms with E-state index in [1.54, 1.807) is 42.5 Å². The molecular weight excluding hydrogens is 404 g/mol. The molecule has 0 radical (unpaired) electrons. The van der Waals surface area contributed by atoms with Gasteiger partial charge in [-0.3, -0.25) is 9.59 Å². The minimum atomic E-state index is -3.59. The van der Waals surface area contributed by atoms with E-state index in [0.717, 1.165) is 11.1 Å². The zero-order valence-electron chi connectivity index (χ0n) is 17.1. The van der Waals surface area contributed by atoms with Gasteiger partial charge in [-0.25, -0.2) is 8.42 Å². The molecule has 2 aromatic rings.